The van der Waals surface area contributed by atoms with Crippen LogP contribution in [0.3, 0.4) is 0 Å². The molecule has 0 radical (unpaired) electrons. The second-order valence-electron chi connectivity index (χ2n) is 5.28. The first-order valence-corrected chi connectivity index (χ1v) is 9.62. The molecular formula is C19H17BrN2O3S. The van der Waals surface area contributed by atoms with Crippen LogP contribution < -0.4 is 14.8 Å². The molecule has 7 heteroatoms. The van der Waals surface area contributed by atoms with Gasteiger partial charge in [0.1, 0.15) is 0 Å². The Kier molecular flexibility index (Phi) is 5.90. The van der Waals surface area contributed by atoms with Gasteiger partial charge in [-0.1, -0.05) is 30.3 Å². The largest absolute Gasteiger partial charge is 0.493 e. The van der Waals surface area contributed by atoms with Crippen LogP contribution in [0.4, 0.5) is 5.13 Å². The number of carbonyl (C=O) groups is 1. The average Bonchev–Trinajstić information content (AvgIpc) is 3.12. The van der Waals surface area contributed by atoms with E-state index >= 15 is 0 Å². The van der Waals surface area contributed by atoms with Crippen LogP contribution >= 0.6 is 27.3 Å². The molecule has 0 aliphatic rings. The highest BCUT2D eigenvalue weighted by molar-refractivity contribution is 9.10. The topological polar surface area (TPSA) is 60.5 Å². The fourth-order valence-corrected chi connectivity index (χ4v) is 3.65. The minimum absolute atomic E-state index is 0.263. The molecule has 0 fully saturated rings. The summed E-state index contributed by atoms with van der Waals surface area (Å²) in [4.78, 5) is 17.1. The minimum Gasteiger partial charge on any atom is -0.493 e. The van der Waals surface area contributed by atoms with Gasteiger partial charge in [-0.2, -0.15) is 0 Å². The summed E-state index contributed by atoms with van der Waals surface area (Å²) in [7, 11) is 1.54. The molecule has 134 valence electrons. The molecule has 0 bridgehead atoms. The van der Waals surface area contributed by atoms with E-state index in [9.17, 15) is 4.79 Å². The van der Waals surface area contributed by atoms with E-state index < -0.39 is 0 Å². The molecule has 0 aliphatic heterocycles. The highest BCUT2D eigenvalue weighted by Crippen LogP contribution is 2.37. The highest BCUT2D eigenvalue weighted by Gasteiger charge is 2.16. The predicted molar refractivity (Wildman–Crippen MR) is 107 cm³/mol. The second kappa shape index (κ2) is 8.33. The maximum Gasteiger partial charge on any atom is 0.257 e. The number of anilines is 1. The molecule has 0 aliphatic carbocycles. The van der Waals surface area contributed by atoms with Gasteiger partial charge in [-0.3, -0.25) is 10.1 Å². The normalized spacial score (nSPS) is 10.4. The number of aromatic nitrogens is 1. The van der Waals surface area contributed by atoms with Crippen molar-refractivity contribution >= 4 is 38.3 Å². The standard InChI is InChI=1S/C19H17BrN2O3S/c1-3-25-17-14(20)9-13(10-16(17)24-2)18(23)22-19-21-15(11-26-19)12-7-5-4-6-8-12/h4-11H,3H2,1-2H3,(H,21,22,23). The Hall–Kier alpha value is -2.38. The Labute approximate surface area is 164 Å². The first kappa shape index (κ1) is 18.4. The summed E-state index contributed by atoms with van der Waals surface area (Å²) in [6, 6.07) is 13.2. The van der Waals surface area contributed by atoms with E-state index in [2.05, 4.69) is 26.2 Å². The Morgan fingerprint density at radius 2 is 2.04 bits per heavy atom. The Morgan fingerprint density at radius 3 is 2.73 bits per heavy atom. The van der Waals surface area contributed by atoms with Crippen molar-refractivity contribution in [1.82, 2.24) is 4.98 Å². The number of ether oxygens (including phenoxy) is 2. The van der Waals surface area contributed by atoms with Crippen molar-refractivity contribution in [2.24, 2.45) is 0 Å². The number of hydrogen-bond donors (Lipinski definition) is 1. The van der Waals surface area contributed by atoms with E-state index in [0.29, 0.717) is 33.3 Å². The summed E-state index contributed by atoms with van der Waals surface area (Å²) in [6.45, 7) is 2.39. The molecule has 26 heavy (non-hydrogen) atoms. The van der Waals surface area contributed by atoms with Gasteiger partial charge in [0.15, 0.2) is 16.6 Å². The molecule has 1 N–H and O–H groups in total. The molecule has 1 aromatic heterocycles. The lowest BCUT2D eigenvalue weighted by atomic mass is 10.2. The lowest BCUT2D eigenvalue weighted by molar-refractivity contribution is 0.102. The van der Waals surface area contributed by atoms with Gasteiger partial charge in [-0.15, -0.1) is 11.3 Å². The number of hydrogen-bond acceptors (Lipinski definition) is 5. The van der Waals surface area contributed by atoms with Gasteiger partial charge in [0, 0.05) is 16.5 Å². The first-order chi connectivity index (χ1) is 12.6. The first-order valence-electron chi connectivity index (χ1n) is 7.95. The summed E-state index contributed by atoms with van der Waals surface area (Å²) in [6.07, 6.45) is 0. The Balaban J connectivity index is 1.80. The molecule has 0 unspecified atom stereocenters. The van der Waals surface area contributed by atoms with E-state index in [0.717, 1.165) is 11.3 Å². The molecule has 0 atom stereocenters. The number of methoxy groups -OCH3 is 1. The Bertz CT molecular complexity index is 912. The van der Waals surface area contributed by atoms with Gasteiger partial charge < -0.3 is 9.47 Å². The summed E-state index contributed by atoms with van der Waals surface area (Å²) >= 11 is 4.81. The minimum atomic E-state index is -0.263. The number of nitrogens with one attached hydrogen (secondary N) is 1. The maximum atomic E-state index is 12.6. The van der Waals surface area contributed by atoms with Gasteiger partial charge in [0.2, 0.25) is 0 Å². The zero-order chi connectivity index (χ0) is 18.5. The van der Waals surface area contributed by atoms with E-state index in [-0.39, 0.29) is 5.91 Å². The molecule has 0 spiro atoms. The summed E-state index contributed by atoms with van der Waals surface area (Å²) in [5, 5.41) is 5.29. The zero-order valence-electron chi connectivity index (χ0n) is 14.3. The van der Waals surface area contributed by atoms with Crippen LogP contribution in [0.5, 0.6) is 11.5 Å². The van der Waals surface area contributed by atoms with Crippen LogP contribution in [-0.2, 0) is 0 Å². The number of nitrogens with zero attached hydrogens (tertiary/aromatic N) is 1. The fraction of sp³-hybridized carbons (Fsp3) is 0.158. The third kappa shape index (κ3) is 4.05. The van der Waals surface area contributed by atoms with Crippen molar-refractivity contribution in [1.29, 1.82) is 0 Å². The lowest BCUT2D eigenvalue weighted by Gasteiger charge is -2.13. The molecule has 5 nitrogen and oxygen atoms in total. The molecule has 3 aromatic rings. The van der Waals surface area contributed by atoms with Gasteiger partial charge in [0.25, 0.3) is 5.91 Å². The van der Waals surface area contributed by atoms with E-state index in [1.165, 1.54) is 11.3 Å². The smallest absolute Gasteiger partial charge is 0.257 e. The van der Waals surface area contributed by atoms with E-state index in [4.69, 9.17) is 9.47 Å². The molecule has 1 heterocycles. The molecule has 1 amide bonds. The van der Waals surface area contributed by atoms with Crippen molar-refractivity contribution in [3.63, 3.8) is 0 Å². The van der Waals surface area contributed by atoms with Crippen LogP contribution in [0.2, 0.25) is 0 Å². The van der Waals surface area contributed by atoms with Crippen molar-refractivity contribution in [2.45, 2.75) is 6.92 Å². The van der Waals surface area contributed by atoms with Gasteiger partial charge in [-0.05, 0) is 35.0 Å². The van der Waals surface area contributed by atoms with Crippen LogP contribution in [0, 0.1) is 0 Å². The predicted octanol–water partition coefficient (Wildman–Crippen LogP) is 5.23. The third-order valence-corrected chi connectivity index (χ3v) is 4.92. The van der Waals surface area contributed by atoms with E-state index in [1.54, 1.807) is 19.2 Å². The van der Waals surface area contributed by atoms with Gasteiger partial charge in [0.05, 0.1) is 23.9 Å². The monoisotopic (exact) mass is 432 g/mol. The number of carbonyl (C=O) groups excluding carboxylic acids is 1. The molecule has 2 aromatic carbocycles. The summed E-state index contributed by atoms with van der Waals surface area (Å²) in [5.74, 6) is 0.809. The van der Waals surface area contributed by atoms with Gasteiger partial charge >= 0.3 is 0 Å². The maximum absolute atomic E-state index is 12.6. The SMILES string of the molecule is CCOc1c(Br)cc(C(=O)Nc2nc(-c3ccccc3)cs2)cc1OC. The molecular weight excluding hydrogens is 416 g/mol. The van der Waals surface area contributed by atoms with E-state index in [1.807, 2.05) is 42.6 Å². The zero-order valence-corrected chi connectivity index (χ0v) is 16.7. The van der Waals surface area contributed by atoms with Gasteiger partial charge in [-0.25, -0.2) is 4.98 Å². The summed E-state index contributed by atoms with van der Waals surface area (Å²) in [5.41, 5.74) is 2.29. The number of rotatable bonds is 6. The number of amides is 1. The van der Waals surface area contributed by atoms with Crippen LogP contribution in [0.1, 0.15) is 17.3 Å². The number of halogens is 1. The lowest BCUT2D eigenvalue weighted by Crippen LogP contribution is -2.12. The van der Waals surface area contributed by atoms with Crippen LogP contribution in [0.25, 0.3) is 11.3 Å². The Morgan fingerprint density at radius 1 is 1.27 bits per heavy atom. The fourth-order valence-electron chi connectivity index (χ4n) is 2.38. The summed E-state index contributed by atoms with van der Waals surface area (Å²) < 4.78 is 11.5. The van der Waals surface area contributed by atoms with Crippen molar-refractivity contribution < 1.29 is 14.3 Å². The second-order valence-corrected chi connectivity index (χ2v) is 6.99. The van der Waals surface area contributed by atoms with Crippen molar-refractivity contribution in [3.8, 4) is 22.8 Å². The number of benzene rings is 2. The molecule has 0 saturated heterocycles. The van der Waals surface area contributed by atoms with Crippen molar-refractivity contribution in [3.05, 3.63) is 57.9 Å². The van der Waals surface area contributed by atoms with Crippen LogP contribution in [0.15, 0.2) is 52.3 Å². The quantitative estimate of drug-likeness (QED) is 0.578. The third-order valence-electron chi connectivity index (χ3n) is 3.57. The molecule has 0 saturated carbocycles. The highest BCUT2D eigenvalue weighted by atomic mass is 79.9. The molecule has 3 rings (SSSR count). The van der Waals surface area contributed by atoms with Crippen LogP contribution in [-0.4, -0.2) is 24.6 Å². The average molecular weight is 433 g/mol. The number of thiazole rings is 1. The van der Waals surface area contributed by atoms with Crippen molar-refractivity contribution in [2.75, 3.05) is 19.0 Å².